The summed E-state index contributed by atoms with van der Waals surface area (Å²) in [5.74, 6) is 0. The van der Waals surface area contributed by atoms with Crippen molar-refractivity contribution in [2.45, 2.75) is 44.8 Å². The van der Waals surface area contributed by atoms with E-state index in [0.717, 1.165) is 0 Å². The van der Waals surface area contributed by atoms with Gasteiger partial charge in [0.15, 0.2) is 0 Å². The van der Waals surface area contributed by atoms with Crippen LogP contribution >= 0.6 is 0 Å². The summed E-state index contributed by atoms with van der Waals surface area (Å²) in [5, 5.41) is 0. The van der Waals surface area contributed by atoms with Gasteiger partial charge in [-0.05, 0) is 31.4 Å². The molecule has 94 valence electrons. The van der Waals surface area contributed by atoms with Crippen LogP contribution in [0.25, 0.3) is 0 Å². The van der Waals surface area contributed by atoms with Gasteiger partial charge in [-0.1, -0.05) is 31.0 Å². The van der Waals surface area contributed by atoms with Gasteiger partial charge in [0.1, 0.15) is 0 Å². The van der Waals surface area contributed by atoms with E-state index in [2.05, 4.69) is 43.1 Å². The van der Waals surface area contributed by atoms with E-state index in [0.29, 0.717) is 12.1 Å². The summed E-state index contributed by atoms with van der Waals surface area (Å²) < 4.78 is 5.64. The van der Waals surface area contributed by atoms with Crippen molar-refractivity contribution in [3.63, 3.8) is 0 Å². The van der Waals surface area contributed by atoms with E-state index in [1.165, 1.54) is 36.9 Å². The Morgan fingerprint density at radius 2 is 1.88 bits per heavy atom. The van der Waals surface area contributed by atoms with E-state index in [-0.39, 0.29) is 0 Å². The first-order chi connectivity index (χ1) is 8.24. The molecule has 0 heterocycles. The Kier molecular flexibility index (Phi) is 4.06. The third kappa shape index (κ3) is 2.63. The monoisotopic (exact) mass is 233 g/mol. The van der Waals surface area contributed by atoms with Gasteiger partial charge in [-0.25, -0.2) is 0 Å². The summed E-state index contributed by atoms with van der Waals surface area (Å²) in [6, 6.07) is 9.12. The molecule has 0 N–H and O–H groups in total. The fraction of sp³-hybridized carbons (Fsp3) is 0.600. The molecule has 2 atom stereocenters. The molecule has 0 amide bonds. The van der Waals surface area contributed by atoms with Crippen molar-refractivity contribution >= 4 is 5.69 Å². The third-order valence-electron chi connectivity index (χ3n) is 3.96. The predicted octanol–water partition coefficient (Wildman–Crippen LogP) is 3.39. The molecule has 0 spiro atoms. The van der Waals surface area contributed by atoms with Crippen molar-refractivity contribution in [3.05, 3.63) is 29.8 Å². The minimum Gasteiger partial charge on any atom is -0.379 e. The molecule has 1 aromatic carbocycles. The first-order valence-electron chi connectivity index (χ1n) is 6.55. The number of rotatable bonds is 3. The molecule has 1 saturated carbocycles. The largest absolute Gasteiger partial charge is 0.379 e. The van der Waals surface area contributed by atoms with Crippen LogP contribution in [0, 0.1) is 6.92 Å². The summed E-state index contributed by atoms with van der Waals surface area (Å²) in [6.07, 6.45) is 5.44. The predicted molar refractivity (Wildman–Crippen MR) is 72.6 cm³/mol. The van der Waals surface area contributed by atoms with E-state index >= 15 is 0 Å². The fourth-order valence-corrected chi connectivity index (χ4v) is 2.93. The average Bonchev–Trinajstić information content (AvgIpc) is 2.38. The minimum absolute atomic E-state index is 0.383. The van der Waals surface area contributed by atoms with E-state index in [1.807, 2.05) is 7.11 Å². The zero-order chi connectivity index (χ0) is 12.3. The molecule has 1 aliphatic carbocycles. The van der Waals surface area contributed by atoms with Gasteiger partial charge in [0, 0.05) is 19.8 Å². The molecule has 2 rings (SSSR count). The number of ether oxygens (including phenoxy) is 1. The number of hydrogen-bond acceptors (Lipinski definition) is 2. The highest BCUT2D eigenvalue weighted by Gasteiger charge is 2.28. The Hall–Kier alpha value is -1.02. The van der Waals surface area contributed by atoms with Crippen LogP contribution in [0.3, 0.4) is 0 Å². The molecule has 2 unspecified atom stereocenters. The first-order valence-corrected chi connectivity index (χ1v) is 6.55. The SMILES string of the molecule is COC1CCCCC1N(C)c1ccccc1C. The normalized spacial score (nSPS) is 24.6. The van der Waals surface area contributed by atoms with Crippen molar-refractivity contribution in [2.24, 2.45) is 0 Å². The fourth-order valence-electron chi connectivity index (χ4n) is 2.93. The highest BCUT2D eigenvalue weighted by atomic mass is 16.5. The van der Waals surface area contributed by atoms with Crippen LogP contribution in [0.15, 0.2) is 24.3 Å². The van der Waals surface area contributed by atoms with Crippen LogP contribution in [0.5, 0.6) is 0 Å². The highest BCUT2D eigenvalue weighted by Crippen LogP contribution is 2.29. The van der Waals surface area contributed by atoms with E-state index in [4.69, 9.17) is 4.74 Å². The van der Waals surface area contributed by atoms with Crippen LogP contribution in [-0.4, -0.2) is 26.3 Å². The number of aryl methyl sites for hydroxylation is 1. The molecule has 0 radical (unpaired) electrons. The highest BCUT2D eigenvalue weighted by molar-refractivity contribution is 5.53. The Bertz CT molecular complexity index is 364. The maximum Gasteiger partial charge on any atom is 0.0774 e. The molecule has 1 fully saturated rings. The number of hydrogen-bond donors (Lipinski definition) is 0. The summed E-state index contributed by atoms with van der Waals surface area (Å²) in [5.41, 5.74) is 2.68. The van der Waals surface area contributed by atoms with Gasteiger partial charge in [0.05, 0.1) is 12.1 Å². The lowest BCUT2D eigenvalue weighted by atomic mass is 9.91. The molecule has 2 heteroatoms. The quantitative estimate of drug-likeness (QED) is 0.793. The Morgan fingerprint density at radius 1 is 1.18 bits per heavy atom. The molecule has 0 aromatic heterocycles. The lowest BCUT2D eigenvalue weighted by molar-refractivity contribution is 0.0529. The molecular weight excluding hydrogens is 210 g/mol. The summed E-state index contributed by atoms with van der Waals surface area (Å²) in [4.78, 5) is 2.41. The van der Waals surface area contributed by atoms with Crippen LogP contribution in [-0.2, 0) is 4.74 Å². The Morgan fingerprint density at radius 3 is 2.59 bits per heavy atom. The lowest BCUT2D eigenvalue weighted by Crippen LogP contribution is -2.44. The first kappa shape index (κ1) is 12.4. The molecule has 17 heavy (non-hydrogen) atoms. The number of anilines is 1. The van der Waals surface area contributed by atoms with Crippen LogP contribution in [0.4, 0.5) is 5.69 Å². The van der Waals surface area contributed by atoms with Gasteiger partial charge in [-0.2, -0.15) is 0 Å². The topological polar surface area (TPSA) is 12.5 Å². The number of likely N-dealkylation sites (N-methyl/N-ethyl adjacent to an activating group) is 1. The molecule has 0 saturated heterocycles. The second-order valence-electron chi connectivity index (χ2n) is 5.02. The van der Waals surface area contributed by atoms with E-state index < -0.39 is 0 Å². The van der Waals surface area contributed by atoms with Gasteiger partial charge in [-0.3, -0.25) is 0 Å². The van der Waals surface area contributed by atoms with Gasteiger partial charge >= 0.3 is 0 Å². The van der Waals surface area contributed by atoms with Crippen molar-refractivity contribution in [1.82, 2.24) is 0 Å². The van der Waals surface area contributed by atoms with Gasteiger partial charge < -0.3 is 9.64 Å². The molecular formula is C15H23NO. The molecule has 0 aliphatic heterocycles. The van der Waals surface area contributed by atoms with Crippen molar-refractivity contribution in [1.29, 1.82) is 0 Å². The second-order valence-corrected chi connectivity index (χ2v) is 5.02. The summed E-state index contributed by atoms with van der Waals surface area (Å²) in [7, 11) is 4.04. The Labute approximate surface area is 105 Å². The molecule has 1 aliphatic rings. The number of benzene rings is 1. The van der Waals surface area contributed by atoms with Gasteiger partial charge in [0.2, 0.25) is 0 Å². The minimum atomic E-state index is 0.383. The van der Waals surface area contributed by atoms with E-state index in [1.54, 1.807) is 0 Å². The number of nitrogens with zero attached hydrogens (tertiary/aromatic N) is 1. The molecule has 2 nitrogen and oxygen atoms in total. The van der Waals surface area contributed by atoms with Crippen LogP contribution in [0.1, 0.15) is 31.2 Å². The molecule has 0 bridgehead atoms. The van der Waals surface area contributed by atoms with Crippen molar-refractivity contribution < 1.29 is 4.74 Å². The average molecular weight is 233 g/mol. The number of para-hydroxylation sites is 1. The smallest absolute Gasteiger partial charge is 0.0774 e. The van der Waals surface area contributed by atoms with E-state index in [9.17, 15) is 0 Å². The maximum atomic E-state index is 5.64. The van der Waals surface area contributed by atoms with Crippen molar-refractivity contribution in [3.8, 4) is 0 Å². The van der Waals surface area contributed by atoms with Crippen LogP contribution in [0.2, 0.25) is 0 Å². The molecule has 1 aromatic rings. The Balaban J connectivity index is 2.18. The summed E-state index contributed by atoms with van der Waals surface area (Å²) >= 11 is 0. The second kappa shape index (κ2) is 5.54. The lowest BCUT2D eigenvalue weighted by Gasteiger charge is -2.39. The van der Waals surface area contributed by atoms with Crippen LogP contribution < -0.4 is 4.90 Å². The van der Waals surface area contributed by atoms with Gasteiger partial charge in [0.25, 0.3) is 0 Å². The van der Waals surface area contributed by atoms with Gasteiger partial charge in [-0.15, -0.1) is 0 Å². The number of methoxy groups -OCH3 is 1. The zero-order valence-electron chi connectivity index (χ0n) is 11.1. The standard InChI is InChI=1S/C15H23NO/c1-12-8-4-5-9-13(12)16(2)14-10-6-7-11-15(14)17-3/h4-5,8-9,14-15H,6-7,10-11H2,1-3H3. The third-order valence-corrected chi connectivity index (χ3v) is 3.96. The van der Waals surface area contributed by atoms with Crippen molar-refractivity contribution in [2.75, 3.05) is 19.1 Å². The zero-order valence-corrected chi connectivity index (χ0v) is 11.1. The summed E-state index contributed by atoms with van der Waals surface area (Å²) in [6.45, 7) is 2.18. The maximum absolute atomic E-state index is 5.64.